The number of esters is 1. The van der Waals surface area contributed by atoms with E-state index in [4.69, 9.17) is 9.47 Å². The van der Waals surface area contributed by atoms with Gasteiger partial charge in [0, 0.05) is 11.0 Å². The Morgan fingerprint density at radius 1 is 1.38 bits per heavy atom. The van der Waals surface area contributed by atoms with Crippen molar-refractivity contribution < 1.29 is 19.1 Å². The highest BCUT2D eigenvalue weighted by Gasteiger charge is 2.25. The summed E-state index contributed by atoms with van der Waals surface area (Å²) >= 11 is 0. The first kappa shape index (κ1) is 20.2. The number of carbonyl (C=O) groups is 2. The van der Waals surface area contributed by atoms with Crippen molar-refractivity contribution in [3.63, 3.8) is 0 Å². The van der Waals surface area contributed by atoms with Crippen LogP contribution in [0.25, 0.3) is 0 Å². The molecule has 1 N–H and O–H groups in total. The van der Waals surface area contributed by atoms with Gasteiger partial charge in [-0.25, -0.2) is 9.59 Å². The monoisotopic (exact) mass is 335 g/mol. The summed E-state index contributed by atoms with van der Waals surface area (Å²) in [5.74, 6) is -0.0819. The lowest BCUT2D eigenvalue weighted by atomic mass is 10.2. The summed E-state index contributed by atoms with van der Waals surface area (Å²) < 4.78 is 9.84. The Hall–Kier alpha value is -0.820. The van der Waals surface area contributed by atoms with Crippen LogP contribution in [0.5, 0.6) is 0 Å². The van der Waals surface area contributed by atoms with Crippen LogP contribution in [-0.2, 0) is 14.3 Å². The molecule has 0 radical (unpaired) electrons. The largest absolute Gasteiger partial charge is 0.467 e. The van der Waals surface area contributed by atoms with E-state index in [1.807, 2.05) is 6.08 Å². The third-order valence-corrected chi connectivity index (χ3v) is 5.20. The molecule has 2 unspecified atom stereocenters. The molecule has 0 aromatic rings. The molecule has 0 aromatic heterocycles. The molecule has 0 spiro atoms. The number of hydrogen-bond acceptors (Lipinski definition) is 6. The average molecular weight is 335 g/mol. The number of amides is 1. The van der Waals surface area contributed by atoms with Gasteiger partial charge in [-0.1, -0.05) is 34.6 Å². The van der Waals surface area contributed by atoms with E-state index in [9.17, 15) is 9.59 Å². The molecule has 0 aliphatic heterocycles. The summed E-state index contributed by atoms with van der Waals surface area (Å²) in [7, 11) is 4.41. The van der Waals surface area contributed by atoms with Crippen molar-refractivity contribution in [2.24, 2.45) is 0 Å². The van der Waals surface area contributed by atoms with E-state index in [0.717, 1.165) is 6.42 Å². The second kappa shape index (κ2) is 10.00. The lowest BCUT2D eigenvalue weighted by Crippen LogP contribution is -2.45. The zero-order valence-corrected chi connectivity index (χ0v) is 14.9. The first-order chi connectivity index (χ1) is 9.73. The number of ether oxygens (including phenoxy) is 2. The SMILES string of the molecule is C=CC(CC)SSCC(NC(=O)OC(C)(C)C)C(=O)OC. The molecule has 1 amide bonds. The fraction of sp³-hybridized carbons (Fsp3) is 0.714. The van der Waals surface area contributed by atoms with E-state index in [2.05, 4.69) is 18.8 Å². The minimum Gasteiger partial charge on any atom is -0.467 e. The molecule has 0 saturated heterocycles. The maximum Gasteiger partial charge on any atom is 0.408 e. The van der Waals surface area contributed by atoms with Crippen LogP contribution in [0.1, 0.15) is 34.1 Å². The summed E-state index contributed by atoms with van der Waals surface area (Å²) in [6, 6.07) is -0.732. The van der Waals surface area contributed by atoms with Crippen molar-refractivity contribution in [3.8, 4) is 0 Å². The summed E-state index contributed by atoms with van der Waals surface area (Å²) in [4.78, 5) is 23.4. The third kappa shape index (κ3) is 9.68. The number of hydrogen-bond donors (Lipinski definition) is 1. The topological polar surface area (TPSA) is 64.6 Å². The van der Waals surface area contributed by atoms with Crippen molar-refractivity contribution >= 4 is 33.7 Å². The van der Waals surface area contributed by atoms with Crippen molar-refractivity contribution in [1.29, 1.82) is 0 Å². The molecule has 0 aliphatic carbocycles. The lowest BCUT2D eigenvalue weighted by Gasteiger charge is -2.22. The summed E-state index contributed by atoms with van der Waals surface area (Å²) in [5.41, 5.74) is -0.608. The molecule has 0 aliphatic rings. The van der Waals surface area contributed by atoms with E-state index < -0.39 is 23.7 Å². The maximum atomic E-state index is 11.7. The Morgan fingerprint density at radius 3 is 2.43 bits per heavy atom. The van der Waals surface area contributed by atoms with Crippen LogP contribution in [-0.4, -0.2) is 41.8 Å². The summed E-state index contributed by atoms with van der Waals surface area (Å²) in [6.07, 6.45) is 2.20. The van der Waals surface area contributed by atoms with Crippen molar-refractivity contribution in [2.75, 3.05) is 12.9 Å². The van der Waals surface area contributed by atoms with Crippen LogP contribution in [0.15, 0.2) is 12.7 Å². The van der Waals surface area contributed by atoms with E-state index >= 15 is 0 Å². The second-order valence-corrected chi connectivity index (χ2v) is 7.94. The molecule has 0 fully saturated rings. The molecule has 21 heavy (non-hydrogen) atoms. The van der Waals surface area contributed by atoms with Crippen LogP contribution >= 0.6 is 21.6 Å². The van der Waals surface area contributed by atoms with Crippen molar-refractivity contribution in [2.45, 2.75) is 51.0 Å². The van der Waals surface area contributed by atoms with Gasteiger partial charge in [0.2, 0.25) is 0 Å². The van der Waals surface area contributed by atoms with Gasteiger partial charge in [0.25, 0.3) is 0 Å². The van der Waals surface area contributed by atoms with Crippen LogP contribution in [0, 0.1) is 0 Å². The maximum absolute atomic E-state index is 11.7. The van der Waals surface area contributed by atoms with Gasteiger partial charge in [0.05, 0.1) is 7.11 Å². The van der Waals surface area contributed by atoms with Crippen LogP contribution in [0.4, 0.5) is 4.79 Å². The van der Waals surface area contributed by atoms with Gasteiger partial charge in [0.15, 0.2) is 0 Å². The highest BCUT2D eigenvalue weighted by molar-refractivity contribution is 8.77. The minimum absolute atomic E-state index is 0.315. The first-order valence-electron chi connectivity index (χ1n) is 6.71. The van der Waals surface area contributed by atoms with Gasteiger partial charge < -0.3 is 14.8 Å². The smallest absolute Gasteiger partial charge is 0.408 e. The van der Waals surface area contributed by atoms with Gasteiger partial charge in [-0.05, 0) is 27.2 Å². The Labute approximate surface area is 135 Å². The van der Waals surface area contributed by atoms with Gasteiger partial charge in [0.1, 0.15) is 11.6 Å². The second-order valence-electron chi connectivity index (χ2n) is 5.29. The highest BCUT2D eigenvalue weighted by Crippen LogP contribution is 2.30. The first-order valence-corrected chi connectivity index (χ1v) is 9.09. The predicted octanol–water partition coefficient (Wildman–Crippen LogP) is 3.40. The molecule has 0 aromatic carbocycles. The molecule has 122 valence electrons. The molecule has 0 bridgehead atoms. The molecular formula is C14H25NO4S2. The molecule has 5 nitrogen and oxygen atoms in total. The normalized spacial score (nSPS) is 14.0. The van der Waals surface area contributed by atoms with Gasteiger partial charge in [-0.2, -0.15) is 0 Å². The Bertz CT molecular complexity index is 355. The number of carbonyl (C=O) groups excluding carboxylic acids is 2. The van der Waals surface area contributed by atoms with E-state index in [0.29, 0.717) is 11.0 Å². The average Bonchev–Trinajstić information content (AvgIpc) is 2.39. The zero-order chi connectivity index (χ0) is 16.5. The quantitative estimate of drug-likeness (QED) is 0.417. The van der Waals surface area contributed by atoms with E-state index in [1.54, 1.807) is 31.6 Å². The minimum atomic E-state index is -0.732. The van der Waals surface area contributed by atoms with E-state index in [-0.39, 0.29) is 0 Å². The molecule has 0 rings (SSSR count). The van der Waals surface area contributed by atoms with Crippen molar-refractivity contribution in [3.05, 3.63) is 12.7 Å². The third-order valence-electron chi connectivity index (χ3n) is 2.27. The number of nitrogens with one attached hydrogen (secondary N) is 1. The highest BCUT2D eigenvalue weighted by atomic mass is 33.1. The van der Waals surface area contributed by atoms with E-state index in [1.165, 1.54) is 17.9 Å². The summed E-state index contributed by atoms with van der Waals surface area (Å²) in [5, 5.41) is 2.85. The predicted molar refractivity (Wildman–Crippen MR) is 89.5 cm³/mol. The molecular weight excluding hydrogens is 310 g/mol. The lowest BCUT2D eigenvalue weighted by molar-refractivity contribution is -0.142. The fourth-order valence-corrected chi connectivity index (χ4v) is 3.87. The number of rotatable bonds is 8. The van der Waals surface area contributed by atoms with Gasteiger partial charge >= 0.3 is 12.1 Å². The zero-order valence-electron chi connectivity index (χ0n) is 13.3. The molecule has 2 atom stereocenters. The number of alkyl carbamates (subject to hydrolysis) is 1. The van der Waals surface area contributed by atoms with Gasteiger partial charge in [-0.3, -0.25) is 0 Å². The van der Waals surface area contributed by atoms with Crippen LogP contribution < -0.4 is 5.32 Å². The Balaban J connectivity index is 4.43. The van der Waals surface area contributed by atoms with Gasteiger partial charge in [-0.15, -0.1) is 6.58 Å². The molecule has 0 saturated carbocycles. The van der Waals surface area contributed by atoms with Crippen molar-refractivity contribution in [1.82, 2.24) is 5.32 Å². The Kier molecular flexibility index (Phi) is 9.61. The summed E-state index contributed by atoms with van der Waals surface area (Å²) in [6.45, 7) is 11.1. The molecule has 0 heterocycles. The molecule has 7 heteroatoms. The Morgan fingerprint density at radius 2 is 2.00 bits per heavy atom. The standard InChI is InChI=1S/C14H25NO4S2/c1-7-10(8-2)21-20-9-11(12(16)18-6)15-13(17)19-14(3,4)5/h7,10-11H,1,8-9H2,2-6H3,(H,15,17). The van der Waals surface area contributed by atoms with Crippen LogP contribution in [0.3, 0.4) is 0 Å². The fourth-order valence-electron chi connectivity index (χ4n) is 1.23. The van der Waals surface area contributed by atoms with Crippen LogP contribution in [0.2, 0.25) is 0 Å². The number of methoxy groups -OCH3 is 1.